The molecule has 0 bridgehead atoms. The van der Waals surface area contributed by atoms with E-state index in [0.29, 0.717) is 34.5 Å². The predicted molar refractivity (Wildman–Crippen MR) is 112 cm³/mol. The molecule has 2 heterocycles. The number of benzene rings is 2. The normalized spacial score (nSPS) is 16.1. The lowest BCUT2D eigenvalue weighted by atomic mass is 10.0. The molecule has 150 valence electrons. The van der Waals surface area contributed by atoms with Gasteiger partial charge in [-0.3, -0.25) is 9.89 Å². The summed E-state index contributed by atoms with van der Waals surface area (Å²) in [6.07, 6.45) is 1.84. The van der Waals surface area contributed by atoms with E-state index in [-0.39, 0.29) is 11.9 Å². The molecular weight excluding hydrogens is 390 g/mol. The van der Waals surface area contributed by atoms with Gasteiger partial charge < -0.3 is 14.4 Å². The number of ether oxygens (including phenoxy) is 2. The molecule has 3 aromatic rings. The second kappa shape index (κ2) is 8.17. The van der Waals surface area contributed by atoms with E-state index < -0.39 is 0 Å². The van der Waals surface area contributed by atoms with Crippen LogP contribution < -0.4 is 9.47 Å². The molecule has 4 rings (SSSR count). The third-order valence-corrected chi connectivity index (χ3v) is 5.59. The Hall–Kier alpha value is -2.99. The topological polar surface area (TPSA) is 67.5 Å². The molecule has 1 atom stereocenters. The molecule has 1 fully saturated rings. The molecule has 1 saturated heterocycles. The molecule has 0 spiro atoms. The van der Waals surface area contributed by atoms with E-state index >= 15 is 0 Å². The van der Waals surface area contributed by atoms with Gasteiger partial charge in [0, 0.05) is 12.1 Å². The molecule has 1 amide bonds. The van der Waals surface area contributed by atoms with Gasteiger partial charge >= 0.3 is 0 Å². The van der Waals surface area contributed by atoms with Crippen molar-refractivity contribution in [3.63, 3.8) is 0 Å². The lowest BCUT2D eigenvalue weighted by Crippen LogP contribution is -2.30. The van der Waals surface area contributed by atoms with Crippen LogP contribution in [0.5, 0.6) is 11.5 Å². The summed E-state index contributed by atoms with van der Waals surface area (Å²) in [6, 6.07) is 15.0. The van der Waals surface area contributed by atoms with Gasteiger partial charge in [-0.1, -0.05) is 35.9 Å². The SMILES string of the molecule is COc1ccc(C2CCCN2C(=O)c2cc(-c3ccccc3Cl)n[nH]2)cc1OC. The highest BCUT2D eigenvalue weighted by Crippen LogP contribution is 2.37. The fourth-order valence-corrected chi connectivity index (χ4v) is 4.04. The summed E-state index contributed by atoms with van der Waals surface area (Å²) in [5.41, 5.74) is 2.93. The number of likely N-dealkylation sites (tertiary alicyclic amines) is 1. The Balaban J connectivity index is 1.60. The van der Waals surface area contributed by atoms with E-state index in [4.69, 9.17) is 21.1 Å². The molecular formula is C22H22ClN3O3. The van der Waals surface area contributed by atoms with Crippen molar-refractivity contribution in [2.75, 3.05) is 20.8 Å². The molecule has 1 aromatic heterocycles. The average Bonchev–Trinajstić information content (AvgIpc) is 3.43. The van der Waals surface area contributed by atoms with Gasteiger partial charge in [-0.2, -0.15) is 5.10 Å². The minimum atomic E-state index is -0.0758. The summed E-state index contributed by atoms with van der Waals surface area (Å²) in [5.74, 6) is 1.25. The third kappa shape index (κ3) is 3.68. The van der Waals surface area contributed by atoms with Crippen LogP contribution in [0, 0.1) is 0 Å². The molecule has 1 aliphatic heterocycles. The van der Waals surface area contributed by atoms with Crippen LogP contribution in [0.2, 0.25) is 5.02 Å². The van der Waals surface area contributed by atoms with Crippen molar-refractivity contribution in [3.8, 4) is 22.8 Å². The van der Waals surface area contributed by atoms with Crippen LogP contribution in [-0.2, 0) is 0 Å². The highest BCUT2D eigenvalue weighted by molar-refractivity contribution is 6.33. The first kappa shape index (κ1) is 19.3. The largest absolute Gasteiger partial charge is 0.493 e. The first-order chi connectivity index (χ1) is 14.1. The molecule has 1 N–H and O–H groups in total. The number of H-pyrrole nitrogens is 1. The standard InChI is InChI=1S/C22H22ClN3O3/c1-28-20-10-9-14(12-21(20)29-2)19-8-5-11-26(19)22(27)18-13-17(24-25-18)15-6-3-4-7-16(15)23/h3-4,6-7,9-10,12-13,19H,5,8,11H2,1-2H3,(H,24,25). The van der Waals surface area contributed by atoms with E-state index in [0.717, 1.165) is 24.0 Å². The van der Waals surface area contributed by atoms with Crippen molar-refractivity contribution in [3.05, 3.63) is 64.8 Å². The number of nitrogens with one attached hydrogen (secondary N) is 1. The number of methoxy groups -OCH3 is 2. The molecule has 2 aromatic carbocycles. The molecule has 0 saturated carbocycles. The molecule has 0 aliphatic carbocycles. The molecule has 0 radical (unpaired) electrons. The summed E-state index contributed by atoms with van der Waals surface area (Å²) < 4.78 is 10.7. The second-order valence-corrected chi connectivity index (χ2v) is 7.32. The number of carbonyl (C=O) groups excluding carboxylic acids is 1. The number of aromatic nitrogens is 2. The van der Waals surface area contributed by atoms with E-state index in [1.807, 2.05) is 41.3 Å². The molecule has 29 heavy (non-hydrogen) atoms. The smallest absolute Gasteiger partial charge is 0.272 e. The Morgan fingerprint density at radius 1 is 1.14 bits per heavy atom. The van der Waals surface area contributed by atoms with Crippen LogP contribution in [0.4, 0.5) is 0 Å². The van der Waals surface area contributed by atoms with E-state index in [1.165, 1.54) is 0 Å². The predicted octanol–water partition coefficient (Wildman–Crippen LogP) is 4.72. The van der Waals surface area contributed by atoms with E-state index in [9.17, 15) is 4.79 Å². The van der Waals surface area contributed by atoms with Crippen LogP contribution in [0.15, 0.2) is 48.5 Å². The van der Waals surface area contributed by atoms with Gasteiger partial charge in [0.25, 0.3) is 5.91 Å². The van der Waals surface area contributed by atoms with Crippen molar-refractivity contribution >= 4 is 17.5 Å². The Morgan fingerprint density at radius 2 is 1.93 bits per heavy atom. The number of rotatable bonds is 5. The maximum absolute atomic E-state index is 13.2. The highest BCUT2D eigenvalue weighted by atomic mass is 35.5. The Kier molecular flexibility index (Phi) is 5.45. The summed E-state index contributed by atoms with van der Waals surface area (Å²) >= 11 is 6.26. The van der Waals surface area contributed by atoms with Crippen molar-refractivity contribution in [1.82, 2.24) is 15.1 Å². The third-order valence-electron chi connectivity index (χ3n) is 5.26. The minimum Gasteiger partial charge on any atom is -0.493 e. The van der Waals surface area contributed by atoms with Gasteiger partial charge in [0.2, 0.25) is 0 Å². The maximum atomic E-state index is 13.2. The number of amides is 1. The van der Waals surface area contributed by atoms with Crippen molar-refractivity contribution in [2.24, 2.45) is 0 Å². The lowest BCUT2D eigenvalue weighted by molar-refractivity contribution is 0.0729. The maximum Gasteiger partial charge on any atom is 0.272 e. The molecule has 7 heteroatoms. The molecule has 1 unspecified atom stereocenters. The highest BCUT2D eigenvalue weighted by Gasteiger charge is 2.32. The van der Waals surface area contributed by atoms with Crippen molar-refractivity contribution in [1.29, 1.82) is 0 Å². The number of carbonyl (C=O) groups is 1. The van der Waals surface area contributed by atoms with Crippen LogP contribution in [0.3, 0.4) is 0 Å². The molecule has 6 nitrogen and oxygen atoms in total. The quantitative estimate of drug-likeness (QED) is 0.659. The Morgan fingerprint density at radius 3 is 2.69 bits per heavy atom. The summed E-state index contributed by atoms with van der Waals surface area (Å²) in [4.78, 5) is 15.1. The van der Waals surface area contributed by atoms with Gasteiger partial charge in [-0.05, 0) is 42.7 Å². The van der Waals surface area contributed by atoms with Gasteiger partial charge in [0.15, 0.2) is 11.5 Å². The number of hydrogen-bond acceptors (Lipinski definition) is 4. The Bertz CT molecular complexity index is 1030. The first-order valence-corrected chi connectivity index (χ1v) is 9.83. The van der Waals surface area contributed by atoms with Gasteiger partial charge in [-0.15, -0.1) is 0 Å². The summed E-state index contributed by atoms with van der Waals surface area (Å²) in [6.45, 7) is 0.693. The summed E-state index contributed by atoms with van der Waals surface area (Å²) in [5, 5.41) is 7.77. The van der Waals surface area contributed by atoms with Crippen LogP contribution in [-0.4, -0.2) is 41.8 Å². The number of nitrogens with zero attached hydrogens (tertiary/aromatic N) is 2. The number of aromatic amines is 1. The first-order valence-electron chi connectivity index (χ1n) is 9.45. The van der Waals surface area contributed by atoms with Crippen LogP contribution in [0.25, 0.3) is 11.3 Å². The molecule has 1 aliphatic rings. The fourth-order valence-electron chi connectivity index (χ4n) is 3.81. The van der Waals surface area contributed by atoms with Gasteiger partial charge in [0.1, 0.15) is 5.69 Å². The minimum absolute atomic E-state index is 0.0191. The average molecular weight is 412 g/mol. The fraction of sp³-hybridized carbons (Fsp3) is 0.273. The van der Waals surface area contributed by atoms with Crippen LogP contribution >= 0.6 is 11.6 Å². The van der Waals surface area contributed by atoms with Gasteiger partial charge in [0.05, 0.1) is 31.0 Å². The van der Waals surface area contributed by atoms with E-state index in [1.54, 1.807) is 26.4 Å². The number of hydrogen-bond donors (Lipinski definition) is 1. The van der Waals surface area contributed by atoms with Gasteiger partial charge in [-0.25, -0.2) is 0 Å². The lowest BCUT2D eigenvalue weighted by Gasteiger charge is -2.25. The zero-order valence-corrected chi connectivity index (χ0v) is 17.1. The zero-order chi connectivity index (χ0) is 20.4. The van der Waals surface area contributed by atoms with Crippen LogP contribution in [0.1, 0.15) is 34.9 Å². The van der Waals surface area contributed by atoms with Crippen molar-refractivity contribution in [2.45, 2.75) is 18.9 Å². The van der Waals surface area contributed by atoms with Crippen molar-refractivity contribution < 1.29 is 14.3 Å². The Labute approximate surface area is 174 Å². The summed E-state index contributed by atoms with van der Waals surface area (Å²) in [7, 11) is 3.22. The monoisotopic (exact) mass is 411 g/mol. The second-order valence-electron chi connectivity index (χ2n) is 6.92. The van der Waals surface area contributed by atoms with E-state index in [2.05, 4.69) is 10.2 Å². The zero-order valence-electron chi connectivity index (χ0n) is 16.3. The number of halogens is 1.